The first-order valence-corrected chi connectivity index (χ1v) is 6.32. The molecule has 0 aromatic carbocycles. The average Bonchev–Trinajstić information content (AvgIpc) is 2.66. The minimum absolute atomic E-state index is 0.00208. The lowest BCUT2D eigenvalue weighted by atomic mass is 9.99. The minimum Gasteiger partial charge on any atom is -0.379 e. The summed E-state index contributed by atoms with van der Waals surface area (Å²) in [7, 11) is 1.80. The molecule has 1 rings (SSSR count). The van der Waals surface area contributed by atoms with Crippen molar-refractivity contribution in [2.75, 3.05) is 13.7 Å². The molecule has 1 atom stereocenters. The van der Waals surface area contributed by atoms with Gasteiger partial charge in [-0.25, -0.2) is 0 Å². The van der Waals surface area contributed by atoms with Crippen LogP contribution in [0.1, 0.15) is 52.9 Å². The first kappa shape index (κ1) is 13.0. The van der Waals surface area contributed by atoms with Crippen LogP contribution in [0.2, 0.25) is 0 Å². The Bertz CT molecular complexity index is 173. The normalized spacial score (nSPS) is 20.8. The van der Waals surface area contributed by atoms with E-state index in [1.165, 1.54) is 32.2 Å². The maximum absolute atomic E-state index is 5.44. The van der Waals surface area contributed by atoms with E-state index in [1.54, 1.807) is 7.11 Å². The van der Waals surface area contributed by atoms with E-state index in [1.807, 2.05) is 0 Å². The van der Waals surface area contributed by atoms with E-state index in [0.717, 1.165) is 12.3 Å². The van der Waals surface area contributed by atoms with Crippen molar-refractivity contribution >= 4 is 0 Å². The molecule has 1 N–H and O–H groups in total. The number of hydrogen-bond donors (Lipinski definition) is 1. The van der Waals surface area contributed by atoms with Crippen molar-refractivity contribution in [3.63, 3.8) is 0 Å². The molecule has 1 saturated carbocycles. The van der Waals surface area contributed by atoms with Crippen LogP contribution < -0.4 is 5.32 Å². The topological polar surface area (TPSA) is 21.3 Å². The van der Waals surface area contributed by atoms with Crippen LogP contribution in [0.4, 0.5) is 0 Å². The number of rotatable bonds is 6. The summed E-state index contributed by atoms with van der Waals surface area (Å²) >= 11 is 0. The van der Waals surface area contributed by atoms with Gasteiger partial charge in [0.15, 0.2) is 0 Å². The lowest BCUT2D eigenvalue weighted by Crippen LogP contribution is -2.37. The van der Waals surface area contributed by atoms with Crippen molar-refractivity contribution in [2.45, 2.75) is 64.5 Å². The number of ether oxygens (including phenoxy) is 1. The van der Waals surface area contributed by atoms with Crippen molar-refractivity contribution < 1.29 is 4.74 Å². The van der Waals surface area contributed by atoms with Crippen molar-refractivity contribution in [1.29, 1.82) is 0 Å². The van der Waals surface area contributed by atoms with E-state index in [4.69, 9.17) is 4.74 Å². The largest absolute Gasteiger partial charge is 0.379 e. The molecule has 2 nitrogen and oxygen atoms in total. The predicted octanol–water partition coefficient (Wildman–Crippen LogP) is 2.97. The fourth-order valence-electron chi connectivity index (χ4n) is 2.48. The van der Waals surface area contributed by atoms with Gasteiger partial charge in [-0.15, -0.1) is 0 Å². The third-order valence-electron chi connectivity index (χ3n) is 3.58. The maximum atomic E-state index is 5.44. The van der Waals surface area contributed by atoms with Crippen molar-refractivity contribution in [3.05, 3.63) is 0 Å². The smallest absolute Gasteiger partial charge is 0.0637 e. The van der Waals surface area contributed by atoms with Gasteiger partial charge in [0.25, 0.3) is 0 Å². The van der Waals surface area contributed by atoms with Crippen LogP contribution in [-0.4, -0.2) is 25.3 Å². The van der Waals surface area contributed by atoms with E-state index in [0.29, 0.717) is 6.04 Å². The van der Waals surface area contributed by atoms with E-state index in [9.17, 15) is 0 Å². The monoisotopic (exact) mass is 213 g/mol. The Hall–Kier alpha value is -0.0800. The maximum Gasteiger partial charge on any atom is 0.0637 e. The van der Waals surface area contributed by atoms with Crippen LogP contribution in [0, 0.1) is 5.92 Å². The van der Waals surface area contributed by atoms with Crippen molar-refractivity contribution in [1.82, 2.24) is 5.32 Å². The summed E-state index contributed by atoms with van der Waals surface area (Å²) in [5, 5.41) is 3.63. The van der Waals surface area contributed by atoms with Crippen molar-refractivity contribution in [2.24, 2.45) is 5.92 Å². The zero-order chi connectivity index (χ0) is 11.3. The third kappa shape index (κ3) is 4.98. The third-order valence-corrected chi connectivity index (χ3v) is 3.58. The zero-order valence-electron chi connectivity index (χ0n) is 10.8. The van der Waals surface area contributed by atoms with Gasteiger partial charge in [0, 0.05) is 13.2 Å². The summed E-state index contributed by atoms with van der Waals surface area (Å²) < 4.78 is 5.44. The van der Waals surface area contributed by atoms with Crippen LogP contribution in [0.3, 0.4) is 0 Å². The van der Waals surface area contributed by atoms with Gasteiger partial charge in [-0.1, -0.05) is 12.8 Å². The van der Waals surface area contributed by atoms with Gasteiger partial charge in [-0.05, 0) is 52.5 Å². The van der Waals surface area contributed by atoms with Gasteiger partial charge < -0.3 is 10.1 Å². The molecule has 0 aliphatic heterocycles. The first-order valence-electron chi connectivity index (χ1n) is 6.32. The molecule has 1 aliphatic carbocycles. The fourth-order valence-corrected chi connectivity index (χ4v) is 2.48. The number of methoxy groups -OCH3 is 1. The average molecular weight is 213 g/mol. The molecule has 1 unspecified atom stereocenters. The predicted molar refractivity (Wildman–Crippen MR) is 65.1 cm³/mol. The molecule has 0 spiro atoms. The van der Waals surface area contributed by atoms with Gasteiger partial charge in [0.1, 0.15) is 0 Å². The summed E-state index contributed by atoms with van der Waals surface area (Å²) in [6, 6.07) is 0.556. The van der Waals surface area contributed by atoms with E-state index in [2.05, 4.69) is 26.1 Å². The van der Waals surface area contributed by atoms with Crippen molar-refractivity contribution in [3.8, 4) is 0 Å². The van der Waals surface area contributed by atoms with Gasteiger partial charge in [-0.2, -0.15) is 0 Å². The Morgan fingerprint density at radius 2 is 1.93 bits per heavy atom. The molecule has 0 radical (unpaired) electrons. The Kier molecular flexibility index (Phi) is 5.07. The second-order valence-corrected chi connectivity index (χ2v) is 5.63. The summed E-state index contributed by atoms with van der Waals surface area (Å²) in [5.74, 6) is 0.929. The first-order chi connectivity index (χ1) is 7.03. The zero-order valence-corrected chi connectivity index (χ0v) is 10.8. The quantitative estimate of drug-likeness (QED) is 0.732. The highest BCUT2D eigenvalue weighted by molar-refractivity contribution is 4.77. The molecule has 90 valence electrons. The van der Waals surface area contributed by atoms with Crippen LogP contribution in [-0.2, 0) is 4.74 Å². The Balaban J connectivity index is 2.15. The second kappa shape index (κ2) is 5.86. The van der Waals surface area contributed by atoms with Crippen LogP contribution in [0.15, 0.2) is 0 Å². The highest BCUT2D eigenvalue weighted by atomic mass is 16.5. The van der Waals surface area contributed by atoms with Gasteiger partial charge in [-0.3, -0.25) is 0 Å². The molecule has 1 fully saturated rings. The standard InChI is InChI=1S/C13H27NO/c1-11(9-13(2,3)15-4)14-10-12-7-5-6-8-12/h11-12,14H,5-10H2,1-4H3. The molecule has 15 heavy (non-hydrogen) atoms. The second-order valence-electron chi connectivity index (χ2n) is 5.63. The molecule has 2 heteroatoms. The Morgan fingerprint density at radius 1 is 1.33 bits per heavy atom. The highest BCUT2D eigenvalue weighted by Gasteiger charge is 2.21. The lowest BCUT2D eigenvalue weighted by Gasteiger charge is -2.27. The molecule has 0 aromatic rings. The Labute approximate surface area is 94.8 Å². The number of nitrogens with one attached hydrogen (secondary N) is 1. The van der Waals surface area contributed by atoms with Gasteiger partial charge in [0.2, 0.25) is 0 Å². The highest BCUT2D eigenvalue weighted by Crippen LogP contribution is 2.24. The van der Waals surface area contributed by atoms with E-state index in [-0.39, 0.29) is 5.60 Å². The van der Waals surface area contributed by atoms with E-state index < -0.39 is 0 Å². The molecule has 0 aromatic heterocycles. The van der Waals surface area contributed by atoms with Gasteiger partial charge >= 0.3 is 0 Å². The van der Waals surface area contributed by atoms with E-state index >= 15 is 0 Å². The molecule has 0 amide bonds. The molecular formula is C13H27NO. The minimum atomic E-state index is 0.00208. The Morgan fingerprint density at radius 3 is 2.47 bits per heavy atom. The summed E-state index contributed by atoms with van der Waals surface area (Å²) in [5.41, 5.74) is 0.00208. The molecule has 0 heterocycles. The molecule has 0 bridgehead atoms. The molecular weight excluding hydrogens is 186 g/mol. The lowest BCUT2D eigenvalue weighted by molar-refractivity contribution is 0.00833. The summed E-state index contributed by atoms with van der Waals surface area (Å²) in [4.78, 5) is 0. The molecule has 0 saturated heterocycles. The van der Waals surface area contributed by atoms with Crippen LogP contribution in [0.5, 0.6) is 0 Å². The van der Waals surface area contributed by atoms with Crippen LogP contribution in [0.25, 0.3) is 0 Å². The summed E-state index contributed by atoms with van der Waals surface area (Å²) in [6.07, 6.45) is 6.80. The van der Waals surface area contributed by atoms with Gasteiger partial charge in [0.05, 0.1) is 5.60 Å². The van der Waals surface area contributed by atoms with Crippen LogP contribution >= 0.6 is 0 Å². The SMILES string of the molecule is COC(C)(C)CC(C)NCC1CCCC1. The number of hydrogen-bond acceptors (Lipinski definition) is 2. The summed E-state index contributed by atoms with van der Waals surface area (Å²) in [6.45, 7) is 7.76. The molecule has 1 aliphatic rings. The fraction of sp³-hybridized carbons (Fsp3) is 1.00.